The molecule has 0 bridgehead atoms. The van der Waals surface area contributed by atoms with Crippen LogP contribution in [0.25, 0.3) is 0 Å². The molecule has 0 aromatic carbocycles. The van der Waals surface area contributed by atoms with Gasteiger partial charge < -0.3 is 9.80 Å². The molecule has 4 nitrogen and oxygen atoms in total. The fourth-order valence-corrected chi connectivity index (χ4v) is 2.48. The van der Waals surface area contributed by atoms with Gasteiger partial charge in [-0.05, 0) is 38.1 Å². The molecule has 0 N–H and O–H groups in total. The normalized spacial score (nSPS) is 15.7. The number of carbonyl (C=O) groups excluding carboxylic acids is 1. The maximum absolute atomic E-state index is 12.2. The zero-order valence-corrected chi connectivity index (χ0v) is 12.4. The Morgan fingerprint density at radius 2 is 2.05 bits per heavy atom. The standard InChI is InChI=1S/C13H17Cl2N3O/c1-17(8-9-18-6-2-3-7-18)13(19)12-10(14)4-5-11(15)16-12/h4-5H,2-3,6-9H2,1H3. The third kappa shape index (κ3) is 3.81. The molecule has 1 amide bonds. The Kier molecular flexibility index (Phi) is 5.02. The largest absolute Gasteiger partial charge is 0.339 e. The molecule has 0 spiro atoms. The monoisotopic (exact) mass is 301 g/mol. The lowest BCUT2D eigenvalue weighted by Gasteiger charge is -2.21. The molecule has 0 aliphatic carbocycles. The average molecular weight is 302 g/mol. The van der Waals surface area contributed by atoms with Crippen molar-refractivity contribution < 1.29 is 4.79 Å². The number of hydrogen-bond donors (Lipinski definition) is 0. The third-order valence-electron chi connectivity index (χ3n) is 3.31. The van der Waals surface area contributed by atoms with Crippen molar-refractivity contribution in [3.8, 4) is 0 Å². The Morgan fingerprint density at radius 1 is 1.37 bits per heavy atom. The summed E-state index contributed by atoms with van der Waals surface area (Å²) in [7, 11) is 1.76. The number of likely N-dealkylation sites (tertiary alicyclic amines) is 1. The molecule has 1 aliphatic heterocycles. The molecule has 2 rings (SSSR count). The van der Waals surface area contributed by atoms with Gasteiger partial charge in [-0.1, -0.05) is 23.2 Å². The number of likely N-dealkylation sites (N-methyl/N-ethyl adjacent to an activating group) is 1. The van der Waals surface area contributed by atoms with Crippen molar-refractivity contribution in [1.29, 1.82) is 0 Å². The molecule has 0 saturated carbocycles. The zero-order valence-electron chi connectivity index (χ0n) is 10.9. The number of nitrogens with zero attached hydrogens (tertiary/aromatic N) is 3. The smallest absolute Gasteiger partial charge is 0.273 e. The summed E-state index contributed by atoms with van der Waals surface area (Å²) in [6, 6.07) is 3.17. The number of amides is 1. The summed E-state index contributed by atoms with van der Waals surface area (Å²) in [6.07, 6.45) is 2.50. The van der Waals surface area contributed by atoms with Gasteiger partial charge in [0.15, 0.2) is 0 Å². The molecule has 0 radical (unpaired) electrons. The van der Waals surface area contributed by atoms with Crippen LogP contribution in [0.5, 0.6) is 0 Å². The van der Waals surface area contributed by atoms with Crippen molar-refractivity contribution in [1.82, 2.24) is 14.8 Å². The van der Waals surface area contributed by atoms with Crippen molar-refractivity contribution in [2.75, 3.05) is 33.2 Å². The fourth-order valence-electron chi connectivity index (χ4n) is 2.15. The van der Waals surface area contributed by atoms with Crippen molar-refractivity contribution in [2.45, 2.75) is 12.8 Å². The first-order valence-corrected chi connectivity index (χ1v) is 7.13. The van der Waals surface area contributed by atoms with Gasteiger partial charge in [0.05, 0.1) is 5.02 Å². The second kappa shape index (κ2) is 6.55. The van der Waals surface area contributed by atoms with E-state index >= 15 is 0 Å². The number of pyridine rings is 1. The van der Waals surface area contributed by atoms with Crippen LogP contribution in [-0.4, -0.2) is 53.9 Å². The van der Waals surface area contributed by atoms with Gasteiger partial charge in [-0.3, -0.25) is 4.79 Å². The van der Waals surface area contributed by atoms with Crippen molar-refractivity contribution >= 4 is 29.1 Å². The number of halogens is 2. The predicted octanol–water partition coefficient (Wildman–Crippen LogP) is 2.56. The third-order valence-corrected chi connectivity index (χ3v) is 3.83. The van der Waals surface area contributed by atoms with Gasteiger partial charge >= 0.3 is 0 Å². The minimum Gasteiger partial charge on any atom is -0.339 e. The van der Waals surface area contributed by atoms with E-state index in [1.807, 2.05) is 0 Å². The Bertz CT molecular complexity index is 461. The van der Waals surface area contributed by atoms with E-state index < -0.39 is 0 Å². The van der Waals surface area contributed by atoms with E-state index in [2.05, 4.69) is 9.88 Å². The summed E-state index contributed by atoms with van der Waals surface area (Å²) in [5, 5.41) is 0.614. The highest BCUT2D eigenvalue weighted by Gasteiger charge is 2.19. The molecule has 1 aromatic rings. The van der Waals surface area contributed by atoms with E-state index in [-0.39, 0.29) is 16.8 Å². The molecule has 104 valence electrons. The molecule has 1 aromatic heterocycles. The van der Waals surface area contributed by atoms with Crippen LogP contribution in [0, 0.1) is 0 Å². The van der Waals surface area contributed by atoms with Crippen LogP contribution >= 0.6 is 23.2 Å². The van der Waals surface area contributed by atoms with Gasteiger partial charge in [-0.15, -0.1) is 0 Å². The van der Waals surface area contributed by atoms with Gasteiger partial charge in [0.25, 0.3) is 5.91 Å². The molecule has 0 atom stereocenters. The van der Waals surface area contributed by atoms with Crippen LogP contribution in [0.4, 0.5) is 0 Å². The van der Waals surface area contributed by atoms with Crippen LogP contribution in [0.2, 0.25) is 10.2 Å². The van der Waals surface area contributed by atoms with Gasteiger partial charge in [-0.25, -0.2) is 4.98 Å². The summed E-state index contributed by atoms with van der Waals surface area (Å²) in [5.74, 6) is -0.188. The van der Waals surface area contributed by atoms with Crippen molar-refractivity contribution in [3.63, 3.8) is 0 Å². The van der Waals surface area contributed by atoms with Crippen molar-refractivity contribution in [2.24, 2.45) is 0 Å². The second-order valence-electron chi connectivity index (χ2n) is 4.74. The van der Waals surface area contributed by atoms with E-state index in [4.69, 9.17) is 23.2 Å². The van der Waals surface area contributed by atoms with Crippen LogP contribution in [-0.2, 0) is 0 Å². The van der Waals surface area contributed by atoms with E-state index in [1.165, 1.54) is 12.8 Å². The Morgan fingerprint density at radius 3 is 2.74 bits per heavy atom. The Labute approximate surface area is 123 Å². The molecule has 1 fully saturated rings. The molecular formula is C13H17Cl2N3O. The number of hydrogen-bond acceptors (Lipinski definition) is 3. The van der Waals surface area contributed by atoms with Gasteiger partial charge in [0.1, 0.15) is 10.8 Å². The Hall–Kier alpha value is -0.840. The summed E-state index contributed by atoms with van der Waals surface area (Å²) in [5.41, 5.74) is 0.220. The first-order chi connectivity index (χ1) is 9.08. The maximum Gasteiger partial charge on any atom is 0.273 e. The van der Waals surface area contributed by atoms with E-state index in [1.54, 1.807) is 24.1 Å². The van der Waals surface area contributed by atoms with Crippen molar-refractivity contribution in [3.05, 3.63) is 28.0 Å². The predicted molar refractivity (Wildman–Crippen MR) is 76.9 cm³/mol. The summed E-state index contributed by atoms with van der Waals surface area (Å²) in [4.78, 5) is 20.2. The van der Waals surface area contributed by atoms with Crippen LogP contribution in [0.1, 0.15) is 23.3 Å². The highest BCUT2D eigenvalue weighted by Crippen LogP contribution is 2.18. The number of aromatic nitrogens is 1. The first kappa shape index (κ1) is 14.6. The summed E-state index contributed by atoms with van der Waals surface area (Å²) < 4.78 is 0. The van der Waals surface area contributed by atoms with E-state index in [9.17, 15) is 4.79 Å². The highest BCUT2D eigenvalue weighted by molar-refractivity contribution is 6.34. The topological polar surface area (TPSA) is 36.4 Å². The molecule has 6 heteroatoms. The lowest BCUT2D eigenvalue weighted by Crippen LogP contribution is -2.35. The highest BCUT2D eigenvalue weighted by atomic mass is 35.5. The van der Waals surface area contributed by atoms with Crippen LogP contribution < -0.4 is 0 Å². The Balaban J connectivity index is 1.95. The average Bonchev–Trinajstić information content (AvgIpc) is 2.91. The molecule has 19 heavy (non-hydrogen) atoms. The second-order valence-corrected chi connectivity index (χ2v) is 5.53. The summed E-state index contributed by atoms with van der Waals surface area (Å²) >= 11 is 11.8. The SMILES string of the molecule is CN(CCN1CCCC1)C(=O)c1nc(Cl)ccc1Cl. The van der Waals surface area contributed by atoms with E-state index in [0.717, 1.165) is 19.6 Å². The maximum atomic E-state index is 12.2. The molecule has 0 unspecified atom stereocenters. The van der Waals surface area contributed by atoms with Gasteiger partial charge in [-0.2, -0.15) is 0 Å². The fraction of sp³-hybridized carbons (Fsp3) is 0.538. The van der Waals surface area contributed by atoms with E-state index in [0.29, 0.717) is 11.6 Å². The zero-order chi connectivity index (χ0) is 13.8. The van der Waals surface area contributed by atoms with Gasteiger partial charge in [0.2, 0.25) is 0 Å². The molecule has 2 heterocycles. The van der Waals surface area contributed by atoms with Gasteiger partial charge in [0, 0.05) is 20.1 Å². The van der Waals surface area contributed by atoms with Crippen LogP contribution in [0.3, 0.4) is 0 Å². The van der Waals surface area contributed by atoms with Crippen LogP contribution in [0.15, 0.2) is 12.1 Å². The lowest BCUT2D eigenvalue weighted by atomic mass is 10.3. The quantitative estimate of drug-likeness (QED) is 0.802. The number of rotatable bonds is 4. The molecule has 1 saturated heterocycles. The molecule has 1 aliphatic rings. The first-order valence-electron chi connectivity index (χ1n) is 6.38. The minimum atomic E-state index is -0.188. The lowest BCUT2D eigenvalue weighted by molar-refractivity contribution is 0.0777. The summed E-state index contributed by atoms with van der Waals surface area (Å²) in [6.45, 7) is 3.81. The number of carbonyl (C=O) groups is 1. The molecular weight excluding hydrogens is 285 g/mol. The minimum absolute atomic E-state index is 0.188.